The van der Waals surface area contributed by atoms with Crippen LogP contribution >= 0.6 is 0 Å². The predicted octanol–water partition coefficient (Wildman–Crippen LogP) is -12.0. The molecule has 6 saturated heterocycles. The number of aliphatic hydroxyl groups excluding tert-OH is 18. The fourth-order valence-corrected chi connectivity index (χ4v) is 9.00. The van der Waals surface area contributed by atoms with E-state index in [-0.39, 0.29) is 13.0 Å². The zero-order valence-corrected chi connectivity index (χ0v) is 37.2. The van der Waals surface area contributed by atoms with Crippen molar-refractivity contribution in [1.82, 2.24) is 0 Å². The third-order valence-electron chi connectivity index (χ3n) is 13.1. The Morgan fingerprint density at radius 3 is 0.928 bits per heavy atom. The van der Waals surface area contributed by atoms with Crippen molar-refractivity contribution in [2.75, 3.05) is 46.8 Å². The first-order valence-electron chi connectivity index (χ1n) is 22.4. The van der Waals surface area contributed by atoms with Gasteiger partial charge in [0.15, 0.2) is 31.5 Å². The van der Waals surface area contributed by atoms with Crippen LogP contribution in [-0.4, -0.2) is 323 Å². The van der Waals surface area contributed by atoms with E-state index in [1.807, 2.05) is 0 Å². The van der Waals surface area contributed by atoms with Crippen molar-refractivity contribution in [2.24, 2.45) is 0 Å². The van der Waals surface area contributed by atoms with Gasteiger partial charge in [-0.2, -0.15) is 0 Å². The summed E-state index contributed by atoms with van der Waals surface area (Å²) >= 11 is 0. The Bertz CT molecular complexity index is 1540. The Labute approximate surface area is 392 Å². The van der Waals surface area contributed by atoms with Gasteiger partial charge in [-0.3, -0.25) is 0 Å². The molecule has 13 unspecified atom stereocenters. The third-order valence-corrected chi connectivity index (χ3v) is 13.1. The smallest absolute Gasteiger partial charge is 0.187 e. The first-order chi connectivity index (χ1) is 32.8. The van der Waals surface area contributed by atoms with Crippen LogP contribution in [0, 0.1) is 0 Å². The highest BCUT2D eigenvalue weighted by Gasteiger charge is 2.56. The summed E-state index contributed by atoms with van der Waals surface area (Å²) in [7, 11) is 1.28. The molecule has 0 aromatic heterocycles. The largest absolute Gasteiger partial charge is 0.394 e. The molecule has 0 aromatic rings. The zero-order chi connectivity index (χ0) is 50.8. The molecule has 0 spiro atoms. The van der Waals surface area contributed by atoms with Crippen molar-refractivity contribution >= 4 is 0 Å². The highest BCUT2D eigenvalue weighted by Crippen LogP contribution is 2.36. The third kappa shape index (κ3) is 12.0. The number of hydrogen-bond donors (Lipinski definition) is 18. The molecule has 0 radical (unpaired) electrons. The van der Waals surface area contributed by atoms with Crippen molar-refractivity contribution in [3.05, 3.63) is 0 Å². The second-order valence-corrected chi connectivity index (χ2v) is 17.6. The molecule has 0 bridgehead atoms. The van der Waals surface area contributed by atoms with Gasteiger partial charge in [-0.15, -0.1) is 0 Å². The van der Waals surface area contributed by atoms with Gasteiger partial charge < -0.3 is 149 Å². The SMILES string of the molecule is CCC1OC(CO)[C@@H](O[C@H]2OC(CO)[C@@H](O[C@H]3OC(CO[C@H]4OC(CO)[C@@H](O[C@H]5OC(CO)[C@@H](O[C@H]6OC(COC)[C@@H](O)[C@H](O)C6O)[C@H](O)C5O)[C@H](O)C4O)[C@@H](O)[C@H](O)C3O)[C@H](O)C2O)[C@H](O)C1O. The van der Waals surface area contributed by atoms with Gasteiger partial charge in [0.2, 0.25) is 0 Å². The molecule has 6 rings (SSSR count). The molecule has 6 aliphatic heterocycles. The van der Waals surface area contributed by atoms with Crippen molar-refractivity contribution < 1.29 is 149 Å². The Balaban J connectivity index is 1.05. The highest BCUT2D eigenvalue weighted by molar-refractivity contribution is 4.99. The van der Waals surface area contributed by atoms with Gasteiger partial charge in [0.25, 0.3) is 0 Å². The van der Waals surface area contributed by atoms with E-state index in [9.17, 15) is 91.9 Å². The zero-order valence-electron chi connectivity index (χ0n) is 37.2. The van der Waals surface area contributed by atoms with E-state index in [1.54, 1.807) is 6.92 Å². The van der Waals surface area contributed by atoms with Crippen LogP contribution in [0.5, 0.6) is 0 Å². The van der Waals surface area contributed by atoms with E-state index in [4.69, 9.17) is 56.8 Å². The lowest BCUT2D eigenvalue weighted by atomic mass is 9.93. The summed E-state index contributed by atoms with van der Waals surface area (Å²) in [5.74, 6) is 0. The first-order valence-corrected chi connectivity index (χ1v) is 22.4. The second kappa shape index (κ2) is 24.9. The molecule has 404 valence electrons. The van der Waals surface area contributed by atoms with Crippen LogP contribution in [0.4, 0.5) is 0 Å². The molecule has 6 aliphatic rings. The number of hydrogen-bond acceptors (Lipinski definition) is 30. The average molecular weight is 1020 g/mol. The molecule has 6 fully saturated rings. The minimum atomic E-state index is -2.07. The number of ether oxygens (including phenoxy) is 12. The molecule has 30 heteroatoms. The van der Waals surface area contributed by atoms with Crippen molar-refractivity contribution in [3.63, 3.8) is 0 Å². The fraction of sp³-hybridized carbons (Fsp3) is 1.00. The molecule has 6 heterocycles. The van der Waals surface area contributed by atoms with E-state index in [1.165, 1.54) is 7.11 Å². The van der Waals surface area contributed by atoms with E-state index >= 15 is 0 Å². The first kappa shape index (κ1) is 57.1. The molecule has 30 nitrogen and oxygen atoms in total. The lowest BCUT2D eigenvalue weighted by molar-refractivity contribution is -0.384. The predicted molar refractivity (Wildman–Crippen MR) is 212 cm³/mol. The average Bonchev–Trinajstić information content (AvgIpc) is 3.34. The number of aliphatic hydroxyl groups is 18. The summed E-state index contributed by atoms with van der Waals surface area (Å²) in [6.07, 6.45) is -52.2. The Hall–Kier alpha value is -1.20. The second-order valence-electron chi connectivity index (χ2n) is 17.6. The van der Waals surface area contributed by atoms with Crippen LogP contribution in [0.1, 0.15) is 13.3 Å². The number of methoxy groups -OCH3 is 1. The van der Waals surface area contributed by atoms with Gasteiger partial charge in [-0.25, -0.2) is 0 Å². The maximum Gasteiger partial charge on any atom is 0.187 e. The van der Waals surface area contributed by atoms with Crippen LogP contribution in [0.2, 0.25) is 0 Å². The minimum absolute atomic E-state index is 0.251. The van der Waals surface area contributed by atoms with Gasteiger partial charge in [0, 0.05) is 7.11 Å². The molecule has 0 amide bonds. The van der Waals surface area contributed by atoms with E-state index in [0.717, 1.165) is 0 Å². The van der Waals surface area contributed by atoms with E-state index in [0.29, 0.717) is 0 Å². The molecular formula is C39H68O30. The molecule has 0 aliphatic carbocycles. The highest BCUT2D eigenvalue weighted by atomic mass is 16.8. The lowest BCUT2D eigenvalue weighted by Gasteiger charge is -2.48. The van der Waals surface area contributed by atoms with Crippen molar-refractivity contribution in [1.29, 1.82) is 0 Å². The van der Waals surface area contributed by atoms with Gasteiger partial charge in [-0.1, -0.05) is 6.92 Å². The minimum Gasteiger partial charge on any atom is -0.394 e. The molecule has 0 aromatic carbocycles. The molecule has 18 N–H and O–H groups in total. The van der Waals surface area contributed by atoms with Crippen LogP contribution < -0.4 is 0 Å². The Morgan fingerprint density at radius 2 is 0.580 bits per heavy atom. The monoisotopic (exact) mass is 1020 g/mol. The van der Waals surface area contributed by atoms with Crippen LogP contribution in [0.15, 0.2) is 0 Å². The normalized spacial score (nSPS) is 52.2. The van der Waals surface area contributed by atoms with Crippen molar-refractivity contribution in [2.45, 2.75) is 197 Å². The van der Waals surface area contributed by atoms with Gasteiger partial charge in [0.05, 0.1) is 45.7 Å². The quantitative estimate of drug-likeness (QED) is 0.0606. The van der Waals surface area contributed by atoms with Gasteiger partial charge in [0.1, 0.15) is 146 Å². The maximum absolute atomic E-state index is 11.2. The van der Waals surface area contributed by atoms with Gasteiger partial charge in [-0.05, 0) is 6.42 Å². The molecule has 69 heavy (non-hydrogen) atoms. The lowest BCUT2D eigenvalue weighted by Crippen LogP contribution is -2.67. The van der Waals surface area contributed by atoms with E-state index in [2.05, 4.69) is 0 Å². The van der Waals surface area contributed by atoms with Gasteiger partial charge >= 0.3 is 0 Å². The van der Waals surface area contributed by atoms with Crippen LogP contribution in [0.25, 0.3) is 0 Å². The fourth-order valence-electron chi connectivity index (χ4n) is 9.00. The molecule has 30 atom stereocenters. The van der Waals surface area contributed by atoms with Crippen LogP contribution in [-0.2, 0) is 56.8 Å². The summed E-state index contributed by atoms with van der Waals surface area (Å²) in [6.45, 7) is -2.91. The Kier molecular flexibility index (Phi) is 20.6. The standard InChI is InChI=1S/C39H68O30/c1-3-10-17(44)22(49)31(11(4-40)60-10)66-38-29(56)24(51)34(14(7-43)62-38)68-37-27(54)21(48)19(46)16(65-37)9-59-35-28(55)23(50)32(12(5-41)61-35)69-39-30(57)25(52)33(13(6-42)63-39)67-36-26(53)20(47)18(45)15(64-36)8-58-2/h10-57H,3-9H2,1-2H3/t10?,11?,12?,13?,14?,15?,16?,17?,18-,19-,20+,21+,22-,23-,24-,25-,26?,27?,28?,29?,30?,31-,32-,33-,34-,35+,36-,37-,38-,39-/m1/s1. The van der Waals surface area contributed by atoms with Crippen molar-refractivity contribution in [3.8, 4) is 0 Å². The Morgan fingerprint density at radius 1 is 0.304 bits per heavy atom. The summed E-state index contributed by atoms with van der Waals surface area (Å²) < 4.78 is 66.7. The summed E-state index contributed by atoms with van der Waals surface area (Å²) in [5.41, 5.74) is 0. The molecule has 0 saturated carbocycles. The maximum atomic E-state index is 11.2. The van der Waals surface area contributed by atoms with Crippen LogP contribution in [0.3, 0.4) is 0 Å². The topological polar surface area (TPSA) is 475 Å². The number of rotatable bonds is 18. The summed E-state index contributed by atoms with van der Waals surface area (Å²) in [4.78, 5) is 0. The summed E-state index contributed by atoms with van der Waals surface area (Å²) in [5, 5.41) is 192. The summed E-state index contributed by atoms with van der Waals surface area (Å²) in [6, 6.07) is 0. The molecular weight excluding hydrogens is 948 g/mol. The van der Waals surface area contributed by atoms with E-state index < -0.39 is 217 Å².